The topological polar surface area (TPSA) is 101 Å². The van der Waals surface area contributed by atoms with Crippen molar-refractivity contribution in [1.29, 1.82) is 0 Å². The minimum atomic E-state index is -3.80. The molecule has 0 saturated heterocycles. The molecule has 0 bridgehead atoms. The van der Waals surface area contributed by atoms with Crippen molar-refractivity contribution >= 4 is 21.6 Å². The van der Waals surface area contributed by atoms with Crippen molar-refractivity contribution in [2.45, 2.75) is 45.1 Å². The van der Waals surface area contributed by atoms with E-state index >= 15 is 0 Å². The highest BCUT2D eigenvalue weighted by molar-refractivity contribution is 7.90. The fourth-order valence-electron chi connectivity index (χ4n) is 5.78. The molecule has 1 unspecified atom stereocenters. The lowest BCUT2D eigenvalue weighted by atomic mass is 9.91. The Morgan fingerprint density at radius 3 is 2.41 bits per heavy atom. The Morgan fingerprint density at radius 1 is 1.05 bits per heavy atom. The molecule has 4 heterocycles. The van der Waals surface area contributed by atoms with E-state index in [9.17, 15) is 8.42 Å². The summed E-state index contributed by atoms with van der Waals surface area (Å²) in [5.41, 5.74) is 6.73. The van der Waals surface area contributed by atoms with Gasteiger partial charge in [0.2, 0.25) is 0 Å². The van der Waals surface area contributed by atoms with Crippen LogP contribution in [-0.4, -0.2) is 41.3 Å². The van der Waals surface area contributed by atoms with Crippen LogP contribution in [0.15, 0.2) is 58.2 Å². The van der Waals surface area contributed by atoms with Crippen molar-refractivity contribution in [2.24, 2.45) is 0 Å². The molecule has 9 nitrogen and oxygen atoms in total. The summed E-state index contributed by atoms with van der Waals surface area (Å²) in [5, 5.41) is 4.55. The second kappa shape index (κ2) is 9.81. The van der Waals surface area contributed by atoms with E-state index in [-0.39, 0.29) is 10.9 Å². The maximum atomic E-state index is 13.5. The van der Waals surface area contributed by atoms with Gasteiger partial charge >= 0.3 is 0 Å². The number of aromatic nitrogens is 4. The highest BCUT2D eigenvalue weighted by Crippen LogP contribution is 2.53. The normalized spacial score (nSPS) is 14.6. The van der Waals surface area contributed by atoms with Gasteiger partial charge in [0.1, 0.15) is 0 Å². The summed E-state index contributed by atoms with van der Waals surface area (Å²) in [6.45, 7) is 7.81. The molecular formula is C30H29ClN4O5S. The van der Waals surface area contributed by atoms with Crippen molar-refractivity contribution in [2.75, 3.05) is 14.2 Å². The quantitative estimate of drug-likeness (QED) is 0.218. The Balaban J connectivity index is 1.63. The average Bonchev–Trinajstić information content (AvgIpc) is 3.67. The smallest absolute Gasteiger partial charge is 0.267 e. The second-order valence-corrected chi connectivity index (χ2v) is 12.5. The minimum Gasteiger partial charge on any atom is -0.493 e. The van der Waals surface area contributed by atoms with Gasteiger partial charge in [0, 0.05) is 40.8 Å². The van der Waals surface area contributed by atoms with Crippen LogP contribution in [0.3, 0.4) is 0 Å². The standard InChI is InChI=1S/C30H29ClN4O5S/c1-16-7-9-21(10-8-16)41(36,37)34-12-11-20(15-34)25-18(3)35-17(2)13-22-23(14-24(38-5)29(39-6)27(22)31)28(35)26(25)30-32-19(4)33-40-30/h7-12,14-15,17H,13H2,1-6H3. The van der Waals surface area contributed by atoms with Crippen molar-refractivity contribution in [1.82, 2.24) is 18.7 Å². The molecule has 0 aliphatic carbocycles. The number of rotatable bonds is 6. The third-order valence-corrected chi connectivity index (χ3v) is 9.70. The monoisotopic (exact) mass is 592 g/mol. The molecule has 3 aromatic heterocycles. The predicted octanol–water partition coefficient (Wildman–Crippen LogP) is 6.62. The molecule has 41 heavy (non-hydrogen) atoms. The summed E-state index contributed by atoms with van der Waals surface area (Å²) in [5.74, 6) is 1.79. The second-order valence-electron chi connectivity index (χ2n) is 10.3. The highest BCUT2D eigenvalue weighted by atomic mass is 35.5. The number of nitrogens with zero attached hydrogens (tertiary/aromatic N) is 4. The molecule has 0 spiro atoms. The van der Waals surface area contributed by atoms with Crippen LogP contribution >= 0.6 is 11.6 Å². The molecule has 0 fully saturated rings. The molecule has 212 valence electrons. The fourth-order valence-corrected chi connectivity index (χ4v) is 7.32. The largest absolute Gasteiger partial charge is 0.493 e. The van der Waals surface area contributed by atoms with Crippen LogP contribution in [0.2, 0.25) is 5.02 Å². The Bertz CT molecular complexity index is 1920. The molecule has 5 aromatic rings. The Morgan fingerprint density at radius 2 is 1.78 bits per heavy atom. The molecule has 6 rings (SSSR count). The lowest BCUT2D eigenvalue weighted by molar-refractivity contribution is 0.354. The summed E-state index contributed by atoms with van der Waals surface area (Å²) in [6.07, 6.45) is 3.84. The molecule has 1 aliphatic heterocycles. The van der Waals surface area contributed by atoms with Gasteiger partial charge in [0.15, 0.2) is 17.3 Å². The number of fused-ring (bicyclic) bond motifs is 3. The molecule has 0 N–H and O–H groups in total. The molecule has 1 aliphatic rings. The molecule has 1 atom stereocenters. The summed E-state index contributed by atoms with van der Waals surface area (Å²) in [6, 6.07) is 10.5. The van der Waals surface area contributed by atoms with Gasteiger partial charge in [-0.05, 0) is 63.9 Å². The third-order valence-electron chi connectivity index (χ3n) is 7.65. The lowest BCUT2D eigenvalue weighted by Crippen LogP contribution is -2.18. The summed E-state index contributed by atoms with van der Waals surface area (Å²) in [4.78, 5) is 4.80. The molecule has 0 amide bonds. The zero-order chi connectivity index (χ0) is 29.2. The lowest BCUT2D eigenvalue weighted by Gasteiger charge is -2.29. The summed E-state index contributed by atoms with van der Waals surface area (Å²) in [7, 11) is -0.667. The number of halogens is 1. The molecule has 2 aromatic carbocycles. The predicted molar refractivity (Wildman–Crippen MR) is 156 cm³/mol. The summed E-state index contributed by atoms with van der Waals surface area (Å²) < 4.78 is 47.4. The first-order chi connectivity index (χ1) is 19.6. The maximum Gasteiger partial charge on any atom is 0.267 e. The Hall–Kier alpha value is -4.02. The molecule has 0 saturated carbocycles. The minimum absolute atomic E-state index is 0.0167. The van der Waals surface area contributed by atoms with Gasteiger partial charge in [0.05, 0.1) is 35.4 Å². The first-order valence-electron chi connectivity index (χ1n) is 13.1. The number of hydrogen-bond donors (Lipinski definition) is 0. The van der Waals surface area contributed by atoms with Crippen LogP contribution in [0, 0.1) is 20.8 Å². The van der Waals surface area contributed by atoms with Crippen LogP contribution in [0.4, 0.5) is 0 Å². The number of methoxy groups -OCH3 is 2. The molecule has 11 heteroatoms. The number of benzene rings is 2. The van der Waals surface area contributed by atoms with E-state index in [1.165, 1.54) is 3.97 Å². The van der Waals surface area contributed by atoms with Gasteiger partial charge in [-0.25, -0.2) is 12.4 Å². The fraction of sp³-hybridized carbons (Fsp3) is 0.267. The van der Waals surface area contributed by atoms with Gasteiger partial charge in [-0.15, -0.1) is 0 Å². The van der Waals surface area contributed by atoms with Gasteiger partial charge in [-0.3, -0.25) is 0 Å². The van der Waals surface area contributed by atoms with E-state index in [1.54, 1.807) is 63.9 Å². The van der Waals surface area contributed by atoms with Gasteiger partial charge in [-0.2, -0.15) is 4.98 Å². The van der Waals surface area contributed by atoms with Crippen LogP contribution in [0.1, 0.15) is 35.6 Å². The SMILES string of the molecule is COc1cc2c(c(Cl)c1OC)CC(C)n1c(C)c(-c3ccn(S(=O)(=O)c4ccc(C)cc4)c3)c(-c3nc(C)no3)c1-2. The van der Waals surface area contributed by atoms with E-state index in [2.05, 4.69) is 21.6 Å². The van der Waals surface area contributed by atoms with Gasteiger partial charge < -0.3 is 18.6 Å². The van der Waals surface area contributed by atoms with Crippen LogP contribution in [-0.2, 0) is 16.4 Å². The van der Waals surface area contributed by atoms with Gasteiger partial charge in [-0.1, -0.05) is 34.5 Å². The van der Waals surface area contributed by atoms with Crippen LogP contribution < -0.4 is 9.47 Å². The molecule has 0 radical (unpaired) electrons. The van der Waals surface area contributed by atoms with Gasteiger partial charge in [0.25, 0.3) is 15.9 Å². The van der Waals surface area contributed by atoms with E-state index in [4.69, 9.17) is 25.6 Å². The molecular weight excluding hydrogens is 564 g/mol. The van der Waals surface area contributed by atoms with E-state index in [0.717, 1.165) is 33.6 Å². The number of ether oxygens (including phenoxy) is 2. The number of hydrogen-bond acceptors (Lipinski definition) is 7. The zero-order valence-electron chi connectivity index (χ0n) is 23.5. The van der Waals surface area contributed by atoms with E-state index in [0.29, 0.717) is 45.8 Å². The van der Waals surface area contributed by atoms with Crippen molar-refractivity contribution in [3.8, 4) is 45.3 Å². The Kier molecular flexibility index (Phi) is 6.50. The third kappa shape index (κ3) is 4.16. The van der Waals surface area contributed by atoms with E-state index in [1.807, 2.05) is 19.9 Å². The average molecular weight is 593 g/mol. The van der Waals surface area contributed by atoms with Crippen LogP contribution in [0.5, 0.6) is 11.5 Å². The van der Waals surface area contributed by atoms with Crippen molar-refractivity contribution in [3.05, 3.63) is 76.5 Å². The number of aryl methyl sites for hydroxylation is 2. The maximum absolute atomic E-state index is 13.5. The van der Waals surface area contributed by atoms with Crippen molar-refractivity contribution in [3.63, 3.8) is 0 Å². The van der Waals surface area contributed by atoms with Crippen LogP contribution in [0.25, 0.3) is 33.8 Å². The Labute approximate surface area is 243 Å². The first-order valence-corrected chi connectivity index (χ1v) is 14.9. The van der Waals surface area contributed by atoms with Crippen molar-refractivity contribution < 1.29 is 22.4 Å². The summed E-state index contributed by atoms with van der Waals surface area (Å²) >= 11 is 6.89. The highest BCUT2D eigenvalue weighted by Gasteiger charge is 2.36. The zero-order valence-corrected chi connectivity index (χ0v) is 25.1. The first kappa shape index (κ1) is 27.2. The van der Waals surface area contributed by atoms with E-state index < -0.39 is 10.0 Å².